The molecule has 0 saturated heterocycles. The predicted octanol–water partition coefficient (Wildman–Crippen LogP) is 7.41. The van der Waals surface area contributed by atoms with Crippen molar-refractivity contribution < 1.29 is 8.42 Å². The number of rotatable bonds is 11. The number of likely N-dealkylation sites (N-methyl/N-ethyl adjacent to an activating group) is 1. The minimum absolute atomic E-state index is 0.0904. The fourth-order valence-electron chi connectivity index (χ4n) is 6.33. The Morgan fingerprint density at radius 3 is 2.33 bits per heavy atom. The molecule has 0 amide bonds. The molecule has 7 heteroatoms. The van der Waals surface area contributed by atoms with E-state index >= 15 is 0 Å². The lowest BCUT2D eigenvalue weighted by Gasteiger charge is -2.26. The zero-order valence-electron chi connectivity index (χ0n) is 26.6. The van der Waals surface area contributed by atoms with Gasteiger partial charge in [0.15, 0.2) is 0 Å². The van der Waals surface area contributed by atoms with Gasteiger partial charge < -0.3 is 10.2 Å². The second-order valence-corrected chi connectivity index (χ2v) is 14.0. The lowest BCUT2D eigenvalue weighted by molar-refractivity contribution is 0.439. The summed E-state index contributed by atoms with van der Waals surface area (Å²) in [6.45, 7) is 13.6. The zero-order valence-corrected chi connectivity index (χ0v) is 27.4. The van der Waals surface area contributed by atoms with Crippen molar-refractivity contribution >= 4 is 21.6 Å². The molecule has 0 fully saturated rings. The maximum absolute atomic E-state index is 13.4. The van der Waals surface area contributed by atoms with Crippen molar-refractivity contribution in [2.24, 2.45) is 0 Å². The molecule has 0 unspecified atom stereocenters. The Hall–Kier alpha value is -3.29. The summed E-state index contributed by atoms with van der Waals surface area (Å²) in [6, 6.07) is 16.9. The number of fused-ring (bicyclic) bond motifs is 1. The maximum atomic E-state index is 13.4. The van der Waals surface area contributed by atoms with Gasteiger partial charge in [-0.05, 0) is 65.2 Å². The Balaban J connectivity index is 1.70. The quantitative estimate of drug-likeness (QED) is 0.287. The van der Waals surface area contributed by atoms with E-state index in [0.29, 0.717) is 18.8 Å². The molecular formula is C35H48N4O2S. The van der Waals surface area contributed by atoms with E-state index in [0.717, 1.165) is 36.1 Å². The highest BCUT2D eigenvalue weighted by atomic mass is 32.2. The minimum Gasteiger partial charge on any atom is -0.388 e. The van der Waals surface area contributed by atoms with E-state index in [4.69, 9.17) is 0 Å². The molecule has 4 rings (SSSR count). The number of hydrogen-bond acceptors (Lipinski definition) is 4. The average molecular weight is 589 g/mol. The van der Waals surface area contributed by atoms with Crippen LogP contribution in [0.1, 0.15) is 71.9 Å². The molecule has 2 aromatic rings. The lowest BCUT2D eigenvalue weighted by Crippen LogP contribution is -2.40. The summed E-state index contributed by atoms with van der Waals surface area (Å²) in [6.07, 6.45) is 11.0. The van der Waals surface area contributed by atoms with E-state index in [1.165, 1.54) is 26.8 Å². The van der Waals surface area contributed by atoms with Gasteiger partial charge in [0.1, 0.15) is 0 Å². The van der Waals surface area contributed by atoms with Gasteiger partial charge in [0.25, 0.3) is 0 Å². The van der Waals surface area contributed by atoms with Gasteiger partial charge in [0.05, 0.1) is 5.70 Å². The molecule has 0 radical (unpaired) electrons. The minimum atomic E-state index is -3.68. The third-order valence-corrected chi connectivity index (χ3v) is 10.5. The van der Waals surface area contributed by atoms with Crippen LogP contribution in [0.2, 0.25) is 0 Å². The van der Waals surface area contributed by atoms with Crippen molar-refractivity contribution in [2.75, 3.05) is 37.4 Å². The summed E-state index contributed by atoms with van der Waals surface area (Å²) in [4.78, 5) is 2.25. The monoisotopic (exact) mass is 588 g/mol. The number of para-hydroxylation sites is 2. The van der Waals surface area contributed by atoms with E-state index in [-0.39, 0.29) is 10.8 Å². The van der Waals surface area contributed by atoms with Crippen molar-refractivity contribution in [1.29, 1.82) is 0 Å². The molecule has 2 aliphatic rings. The molecule has 0 bridgehead atoms. The normalized spacial score (nSPS) is 19.0. The molecule has 42 heavy (non-hydrogen) atoms. The van der Waals surface area contributed by atoms with Crippen LogP contribution in [0.25, 0.3) is 0 Å². The van der Waals surface area contributed by atoms with Crippen LogP contribution in [0, 0.1) is 0 Å². The Kier molecular flexibility index (Phi) is 9.43. The smallest absolute Gasteiger partial charge is 0.301 e. The standard InChI is InChI=1S/C35H48N4O2S/c1-9-39(10-2)42(40,41)37-33-26(16-15-25-34(3,4)28-17-11-13-19-30(28)36-7)21-22-27(33)23-24-32-35(5,6)29-18-12-14-20-31(29)38(32)8/h11-20,23-24,36-37H,9-10,21-22,25H2,1-8H3/b16-15+,27-23+,32-24+. The first kappa shape index (κ1) is 31.6. The van der Waals surface area contributed by atoms with Crippen molar-refractivity contribution in [3.63, 3.8) is 0 Å². The van der Waals surface area contributed by atoms with Crippen LogP contribution in [0.5, 0.6) is 0 Å². The van der Waals surface area contributed by atoms with Gasteiger partial charge in [-0.1, -0.05) is 96.2 Å². The number of nitrogens with zero attached hydrogens (tertiary/aromatic N) is 2. The van der Waals surface area contributed by atoms with Crippen LogP contribution in [0.15, 0.2) is 95.4 Å². The van der Waals surface area contributed by atoms with Crippen LogP contribution in [0.3, 0.4) is 0 Å². The zero-order chi connectivity index (χ0) is 30.7. The molecule has 0 saturated carbocycles. The maximum Gasteiger partial charge on any atom is 0.301 e. The molecule has 0 atom stereocenters. The summed E-state index contributed by atoms with van der Waals surface area (Å²) < 4.78 is 31.2. The first-order valence-corrected chi connectivity index (χ1v) is 16.5. The Bertz CT molecular complexity index is 1530. The van der Waals surface area contributed by atoms with Crippen LogP contribution >= 0.6 is 0 Å². The first-order valence-electron chi connectivity index (χ1n) is 15.1. The summed E-state index contributed by atoms with van der Waals surface area (Å²) in [5.41, 5.74) is 8.59. The number of hydrogen-bond donors (Lipinski definition) is 2. The molecule has 2 aromatic carbocycles. The summed E-state index contributed by atoms with van der Waals surface area (Å²) >= 11 is 0. The third-order valence-electron chi connectivity index (χ3n) is 8.84. The summed E-state index contributed by atoms with van der Waals surface area (Å²) in [5.74, 6) is 0. The van der Waals surface area contributed by atoms with E-state index in [2.05, 4.69) is 116 Å². The van der Waals surface area contributed by atoms with Crippen LogP contribution < -0.4 is 14.9 Å². The molecule has 0 aromatic heterocycles. The second-order valence-electron chi connectivity index (χ2n) is 12.3. The van der Waals surface area contributed by atoms with Gasteiger partial charge in [0, 0.05) is 49.7 Å². The van der Waals surface area contributed by atoms with Crippen molar-refractivity contribution in [3.05, 3.63) is 107 Å². The first-order chi connectivity index (χ1) is 19.9. The predicted molar refractivity (Wildman–Crippen MR) is 178 cm³/mol. The average Bonchev–Trinajstić information content (AvgIpc) is 3.41. The highest BCUT2D eigenvalue weighted by molar-refractivity contribution is 7.87. The van der Waals surface area contributed by atoms with Gasteiger partial charge in [-0.25, -0.2) is 0 Å². The van der Waals surface area contributed by atoms with E-state index in [9.17, 15) is 8.42 Å². The van der Waals surface area contributed by atoms with Gasteiger partial charge in [-0.15, -0.1) is 0 Å². The Labute approximate surface area is 254 Å². The molecule has 0 spiro atoms. The number of nitrogens with one attached hydrogen (secondary N) is 2. The Morgan fingerprint density at radius 1 is 1.00 bits per heavy atom. The van der Waals surface area contributed by atoms with E-state index in [1.807, 2.05) is 27.0 Å². The molecular weight excluding hydrogens is 540 g/mol. The van der Waals surface area contributed by atoms with Gasteiger partial charge in [-0.2, -0.15) is 12.7 Å². The van der Waals surface area contributed by atoms with Crippen molar-refractivity contribution in [3.8, 4) is 0 Å². The van der Waals surface area contributed by atoms with Crippen molar-refractivity contribution in [2.45, 2.75) is 71.6 Å². The van der Waals surface area contributed by atoms with Gasteiger partial charge in [-0.3, -0.25) is 4.72 Å². The van der Waals surface area contributed by atoms with Gasteiger partial charge >= 0.3 is 10.2 Å². The van der Waals surface area contributed by atoms with Crippen molar-refractivity contribution in [1.82, 2.24) is 9.03 Å². The fourth-order valence-corrected chi connectivity index (χ4v) is 7.65. The van der Waals surface area contributed by atoms with E-state index < -0.39 is 10.2 Å². The molecule has 1 aliphatic heterocycles. The van der Waals surface area contributed by atoms with Gasteiger partial charge in [0.2, 0.25) is 0 Å². The molecule has 6 nitrogen and oxygen atoms in total. The highest BCUT2D eigenvalue weighted by Gasteiger charge is 2.38. The largest absolute Gasteiger partial charge is 0.388 e. The lowest BCUT2D eigenvalue weighted by atomic mass is 9.80. The van der Waals surface area contributed by atoms with Crippen LogP contribution in [0.4, 0.5) is 11.4 Å². The fraction of sp³-hybridized carbons (Fsp3) is 0.429. The third kappa shape index (κ3) is 6.23. The molecule has 1 heterocycles. The summed E-state index contributed by atoms with van der Waals surface area (Å²) in [7, 11) is 0.378. The Morgan fingerprint density at radius 2 is 1.67 bits per heavy atom. The highest BCUT2D eigenvalue weighted by Crippen LogP contribution is 2.47. The number of benzene rings is 2. The van der Waals surface area contributed by atoms with E-state index in [1.54, 1.807) is 0 Å². The molecule has 226 valence electrons. The van der Waals surface area contributed by atoms with Crippen LogP contribution in [-0.2, 0) is 21.0 Å². The summed E-state index contributed by atoms with van der Waals surface area (Å²) in [5, 5.41) is 3.31. The number of anilines is 2. The topological polar surface area (TPSA) is 64.7 Å². The number of allylic oxidation sites excluding steroid dienone is 7. The second kappa shape index (κ2) is 12.5. The van der Waals surface area contributed by atoms with Crippen LogP contribution in [-0.4, -0.2) is 39.9 Å². The molecule has 2 N–H and O–H groups in total. The SMILES string of the molecule is CCN(CC)S(=O)(=O)NC1=C(/C=C/CC(C)(C)c2ccccc2NC)CC/C1=C\C=C1\N(C)c2ccccc2C1(C)C. The molecule has 1 aliphatic carbocycles.